The summed E-state index contributed by atoms with van der Waals surface area (Å²) in [6, 6.07) is 13.8. The summed E-state index contributed by atoms with van der Waals surface area (Å²) in [5.74, 6) is -4.53. The van der Waals surface area contributed by atoms with Gasteiger partial charge in [0.1, 0.15) is 6.04 Å². The summed E-state index contributed by atoms with van der Waals surface area (Å²) in [5.41, 5.74) is 7.01. The molecule has 2 unspecified atom stereocenters. The second-order valence-corrected chi connectivity index (χ2v) is 8.84. The fourth-order valence-electron chi connectivity index (χ4n) is 4.55. The van der Waals surface area contributed by atoms with Gasteiger partial charge in [0.05, 0.1) is 24.2 Å². The number of ether oxygens (including phenoxy) is 2. The number of carbonyl (C=O) groups excluding carboxylic acids is 3. The third kappa shape index (κ3) is 5.88. The number of nitrogens with two attached hydrogens (primary N) is 1. The molecule has 0 aliphatic carbocycles. The maximum Gasteiger partial charge on any atom is 0.490 e. The molecule has 1 aliphatic heterocycles. The Balaban J connectivity index is 1.54. The number of benzene rings is 2. The van der Waals surface area contributed by atoms with Crippen LogP contribution in [0, 0.1) is 0 Å². The van der Waals surface area contributed by atoms with Gasteiger partial charge in [-0.2, -0.15) is 13.2 Å². The van der Waals surface area contributed by atoms with E-state index in [1.807, 2.05) is 0 Å². The standard InChI is InChI=1S/C25H25F3N4O6/c26-25(27,28)23(35)38-20(14-37-13-15-6-2-1-3-7-15)22(34)31-11-10-16(12-19(31)21(29)33)32-18-9-5-4-8-17(18)30-24(32)36/h1-9,16,19-20H,10-14H2,(H2,29,33)(H,30,36)/t16?,19?,20-/m1/s1. The quantitative estimate of drug-likeness (QED) is 0.425. The molecular weight excluding hydrogens is 509 g/mol. The van der Waals surface area contributed by atoms with E-state index < -0.39 is 54.4 Å². The van der Waals surface area contributed by atoms with Crippen molar-refractivity contribution in [2.75, 3.05) is 13.2 Å². The smallest absolute Gasteiger partial charge is 0.443 e. The number of carbonyl (C=O) groups is 3. The minimum atomic E-state index is -5.34. The molecule has 10 nitrogen and oxygen atoms in total. The van der Waals surface area contributed by atoms with Crippen molar-refractivity contribution < 1.29 is 37.0 Å². The normalized spacial score (nSPS) is 18.8. The molecule has 1 fully saturated rings. The maximum absolute atomic E-state index is 13.3. The minimum absolute atomic E-state index is 0.0566. The first-order valence-corrected chi connectivity index (χ1v) is 11.7. The molecule has 4 rings (SSSR count). The van der Waals surface area contributed by atoms with Gasteiger partial charge in [-0.15, -0.1) is 0 Å². The van der Waals surface area contributed by atoms with Gasteiger partial charge < -0.3 is 25.1 Å². The average molecular weight is 534 g/mol. The molecule has 1 aliphatic rings. The van der Waals surface area contributed by atoms with Crippen LogP contribution in [0.2, 0.25) is 0 Å². The lowest BCUT2D eigenvalue weighted by Gasteiger charge is -2.39. The zero-order chi connectivity index (χ0) is 27.4. The van der Waals surface area contributed by atoms with E-state index in [1.54, 1.807) is 54.6 Å². The lowest BCUT2D eigenvalue weighted by molar-refractivity contribution is -0.209. The molecule has 3 N–H and O–H groups in total. The summed E-state index contributed by atoms with van der Waals surface area (Å²) >= 11 is 0. The van der Waals surface area contributed by atoms with Crippen LogP contribution in [0.1, 0.15) is 24.4 Å². The number of likely N-dealkylation sites (tertiary alicyclic amines) is 1. The van der Waals surface area contributed by atoms with Crippen LogP contribution in [0.25, 0.3) is 11.0 Å². The van der Waals surface area contributed by atoms with Crippen molar-refractivity contribution in [1.29, 1.82) is 0 Å². The van der Waals surface area contributed by atoms with Crippen LogP contribution in [0.15, 0.2) is 59.4 Å². The minimum Gasteiger partial charge on any atom is -0.443 e. The van der Waals surface area contributed by atoms with Gasteiger partial charge in [0.25, 0.3) is 5.91 Å². The number of esters is 1. The van der Waals surface area contributed by atoms with Gasteiger partial charge in [0.2, 0.25) is 12.0 Å². The molecular formula is C25H25F3N4O6. The highest BCUT2D eigenvalue weighted by molar-refractivity contribution is 5.90. The van der Waals surface area contributed by atoms with Gasteiger partial charge in [-0.25, -0.2) is 9.59 Å². The number of primary amides is 1. The number of amides is 2. The number of piperidine rings is 1. The molecule has 1 aromatic heterocycles. The van der Waals surface area contributed by atoms with Crippen LogP contribution in [-0.2, 0) is 30.5 Å². The van der Waals surface area contributed by atoms with E-state index in [0.717, 1.165) is 4.90 Å². The van der Waals surface area contributed by atoms with Crippen LogP contribution in [-0.4, -0.2) is 63.7 Å². The lowest BCUT2D eigenvalue weighted by atomic mass is 9.95. The molecule has 3 atom stereocenters. The van der Waals surface area contributed by atoms with E-state index >= 15 is 0 Å². The van der Waals surface area contributed by atoms with Crippen LogP contribution >= 0.6 is 0 Å². The van der Waals surface area contributed by atoms with Gasteiger partial charge >= 0.3 is 17.8 Å². The number of hydrogen-bond acceptors (Lipinski definition) is 6. The average Bonchev–Trinajstić information content (AvgIpc) is 3.23. The second-order valence-electron chi connectivity index (χ2n) is 8.84. The number of nitrogens with zero attached hydrogens (tertiary/aromatic N) is 2. The van der Waals surface area contributed by atoms with Gasteiger partial charge in [0.15, 0.2) is 0 Å². The first-order chi connectivity index (χ1) is 18.1. The Morgan fingerprint density at radius 1 is 1.08 bits per heavy atom. The van der Waals surface area contributed by atoms with Crippen LogP contribution in [0.5, 0.6) is 0 Å². The Morgan fingerprint density at radius 2 is 1.76 bits per heavy atom. The highest BCUT2D eigenvalue weighted by atomic mass is 19.4. The van der Waals surface area contributed by atoms with E-state index in [1.165, 1.54) is 4.57 Å². The number of fused-ring (bicyclic) bond motifs is 1. The molecule has 202 valence electrons. The van der Waals surface area contributed by atoms with Crippen molar-refractivity contribution in [3.63, 3.8) is 0 Å². The zero-order valence-electron chi connectivity index (χ0n) is 20.0. The molecule has 3 aromatic rings. The highest BCUT2D eigenvalue weighted by Gasteiger charge is 2.46. The van der Waals surface area contributed by atoms with Gasteiger partial charge in [-0.1, -0.05) is 42.5 Å². The first-order valence-electron chi connectivity index (χ1n) is 11.7. The number of aromatic amines is 1. The SMILES string of the molecule is NC(=O)C1CC(n2c(=O)[nH]c3ccccc32)CCN1C(=O)[C@@H](COCc1ccccc1)OC(=O)C(F)(F)F. The van der Waals surface area contributed by atoms with E-state index in [9.17, 15) is 32.3 Å². The maximum atomic E-state index is 13.3. The monoisotopic (exact) mass is 534 g/mol. The van der Waals surface area contributed by atoms with Crippen molar-refractivity contribution in [2.24, 2.45) is 5.73 Å². The fourth-order valence-corrected chi connectivity index (χ4v) is 4.55. The first kappa shape index (κ1) is 26.9. The number of rotatable bonds is 8. The Morgan fingerprint density at radius 3 is 2.45 bits per heavy atom. The summed E-state index contributed by atoms with van der Waals surface area (Å²) in [7, 11) is 0. The predicted molar refractivity (Wildman–Crippen MR) is 128 cm³/mol. The number of aromatic nitrogens is 2. The molecule has 13 heteroatoms. The Bertz CT molecular complexity index is 1370. The lowest BCUT2D eigenvalue weighted by Crippen LogP contribution is -2.57. The molecule has 2 amide bonds. The summed E-state index contributed by atoms with van der Waals surface area (Å²) in [5, 5.41) is 0. The van der Waals surface area contributed by atoms with Crippen LogP contribution < -0.4 is 11.4 Å². The molecule has 0 radical (unpaired) electrons. The van der Waals surface area contributed by atoms with Gasteiger partial charge in [-0.3, -0.25) is 14.2 Å². The summed E-state index contributed by atoms with van der Waals surface area (Å²) in [6.07, 6.45) is -7.18. The summed E-state index contributed by atoms with van der Waals surface area (Å²) in [4.78, 5) is 53.6. The van der Waals surface area contributed by atoms with E-state index in [-0.39, 0.29) is 26.0 Å². The second kappa shape index (κ2) is 11.1. The predicted octanol–water partition coefficient (Wildman–Crippen LogP) is 2.04. The zero-order valence-corrected chi connectivity index (χ0v) is 20.0. The third-order valence-electron chi connectivity index (χ3n) is 6.31. The summed E-state index contributed by atoms with van der Waals surface area (Å²) < 4.78 is 50.1. The topological polar surface area (TPSA) is 137 Å². The highest BCUT2D eigenvalue weighted by Crippen LogP contribution is 2.30. The number of hydrogen-bond donors (Lipinski definition) is 2. The Kier molecular flexibility index (Phi) is 7.86. The molecule has 38 heavy (non-hydrogen) atoms. The molecule has 0 saturated carbocycles. The van der Waals surface area contributed by atoms with E-state index in [2.05, 4.69) is 9.72 Å². The molecule has 2 aromatic carbocycles. The van der Waals surface area contributed by atoms with E-state index in [0.29, 0.717) is 16.6 Å². The number of imidazole rings is 1. The Labute approximate surface area is 214 Å². The number of nitrogens with one attached hydrogen (secondary N) is 1. The van der Waals surface area contributed by atoms with Crippen molar-refractivity contribution in [2.45, 2.75) is 43.8 Å². The van der Waals surface area contributed by atoms with Crippen molar-refractivity contribution >= 4 is 28.8 Å². The number of para-hydroxylation sites is 2. The van der Waals surface area contributed by atoms with Gasteiger partial charge in [-0.05, 0) is 30.5 Å². The largest absolute Gasteiger partial charge is 0.490 e. The molecule has 1 saturated heterocycles. The fraction of sp³-hybridized carbons (Fsp3) is 0.360. The number of halogens is 3. The van der Waals surface area contributed by atoms with Crippen LogP contribution in [0.4, 0.5) is 13.2 Å². The number of H-pyrrole nitrogens is 1. The number of alkyl halides is 3. The summed E-state index contributed by atoms with van der Waals surface area (Å²) in [6.45, 7) is -0.857. The van der Waals surface area contributed by atoms with Crippen LogP contribution in [0.3, 0.4) is 0 Å². The van der Waals surface area contributed by atoms with E-state index in [4.69, 9.17) is 10.5 Å². The Hall–Kier alpha value is -4.13. The van der Waals surface area contributed by atoms with Crippen molar-refractivity contribution in [3.05, 3.63) is 70.6 Å². The third-order valence-corrected chi connectivity index (χ3v) is 6.31. The molecule has 0 bridgehead atoms. The molecule has 2 heterocycles. The van der Waals surface area contributed by atoms with Crippen molar-refractivity contribution in [1.82, 2.24) is 14.5 Å². The van der Waals surface area contributed by atoms with Crippen molar-refractivity contribution in [3.8, 4) is 0 Å². The van der Waals surface area contributed by atoms with Gasteiger partial charge in [0, 0.05) is 12.6 Å². The molecule has 0 spiro atoms.